The summed E-state index contributed by atoms with van der Waals surface area (Å²) in [5.74, 6) is 0. The average Bonchev–Trinajstić information content (AvgIpc) is 2.42. The van der Waals surface area contributed by atoms with Gasteiger partial charge in [-0.05, 0) is 66.1 Å². The number of hydrogen-bond donors (Lipinski definition) is 1. The molecule has 0 spiro atoms. The molecule has 2 amide bonds. The Balaban J connectivity index is 1.90. The Morgan fingerprint density at radius 2 is 2.00 bits per heavy atom. The first-order chi connectivity index (χ1) is 9.47. The second kappa shape index (κ2) is 6.65. The third-order valence-corrected chi connectivity index (χ3v) is 4.37. The molecule has 1 heterocycles. The zero-order chi connectivity index (χ0) is 14.7. The average molecular weight is 387 g/mol. The van der Waals surface area contributed by atoms with Crippen LogP contribution in [0.25, 0.3) is 0 Å². The van der Waals surface area contributed by atoms with Crippen molar-refractivity contribution in [2.24, 2.45) is 0 Å². The lowest BCUT2D eigenvalue weighted by atomic mass is 10.0. The summed E-state index contributed by atoms with van der Waals surface area (Å²) in [6.07, 6.45) is 2.01. The number of urea groups is 1. The molecule has 1 fully saturated rings. The van der Waals surface area contributed by atoms with E-state index in [9.17, 15) is 4.79 Å². The van der Waals surface area contributed by atoms with Crippen molar-refractivity contribution >= 4 is 34.3 Å². The van der Waals surface area contributed by atoms with Crippen LogP contribution in [-0.4, -0.2) is 49.1 Å². The van der Waals surface area contributed by atoms with Gasteiger partial charge in [-0.15, -0.1) is 0 Å². The minimum Gasteiger partial charge on any atom is -0.382 e. The van der Waals surface area contributed by atoms with Crippen LogP contribution < -0.4 is 5.32 Å². The maximum absolute atomic E-state index is 11.9. The van der Waals surface area contributed by atoms with E-state index in [1.165, 1.54) is 14.8 Å². The van der Waals surface area contributed by atoms with Crippen molar-refractivity contribution in [2.45, 2.75) is 25.8 Å². The minimum atomic E-state index is 0.119. The number of halogens is 1. The van der Waals surface area contributed by atoms with Crippen molar-refractivity contribution in [1.82, 2.24) is 9.80 Å². The second-order valence-electron chi connectivity index (χ2n) is 5.54. The smallest absolute Gasteiger partial charge is 0.319 e. The molecule has 0 aromatic heterocycles. The highest BCUT2D eigenvalue weighted by atomic mass is 127. The lowest BCUT2D eigenvalue weighted by Gasteiger charge is -2.34. The van der Waals surface area contributed by atoms with Gasteiger partial charge in [0.05, 0.1) is 0 Å². The number of anilines is 1. The number of hydrogen-bond acceptors (Lipinski definition) is 2. The van der Waals surface area contributed by atoms with Gasteiger partial charge in [-0.3, -0.25) is 0 Å². The third kappa shape index (κ3) is 3.77. The molecule has 0 radical (unpaired) electrons. The molecule has 0 atom stereocenters. The van der Waals surface area contributed by atoms with Crippen LogP contribution in [0.4, 0.5) is 10.5 Å². The van der Waals surface area contributed by atoms with Crippen LogP contribution in [0.1, 0.15) is 18.4 Å². The van der Waals surface area contributed by atoms with Crippen LogP contribution in [0.2, 0.25) is 0 Å². The summed E-state index contributed by atoms with van der Waals surface area (Å²) < 4.78 is 1.26. The number of amides is 2. The number of carbonyl (C=O) groups is 1. The van der Waals surface area contributed by atoms with Gasteiger partial charge in [0.1, 0.15) is 0 Å². The number of benzene rings is 1. The summed E-state index contributed by atoms with van der Waals surface area (Å²) >= 11 is 2.33. The van der Waals surface area contributed by atoms with E-state index in [4.69, 9.17) is 0 Å². The van der Waals surface area contributed by atoms with E-state index < -0.39 is 0 Å². The van der Waals surface area contributed by atoms with Crippen LogP contribution in [0.15, 0.2) is 18.2 Å². The van der Waals surface area contributed by atoms with Gasteiger partial charge in [0.2, 0.25) is 0 Å². The summed E-state index contributed by atoms with van der Waals surface area (Å²) in [4.78, 5) is 15.5. The molecule has 4 nitrogen and oxygen atoms in total. The fourth-order valence-electron chi connectivity index (χ4n) is 2.51. The minimum absolute atomic E-state index is 0.119. The lowest BCUT2D eigenvalue weighted by molar-refractivity contribution is 0.158. The van der Waals surface area contributed by atoms with Gasteiger partial charge < -0.3 is 15.1 Å². The van der Waals surface area contributed by atoms with Gasteiger partial charge in [0, 0.05) is 42.5 Å². The molecule has 0 saturated carbocycles. The second-order valence-corrected chi connectivity index (χ2v) is 6.79. The highest BCUT2D eigenvalue weighted by Crippen LogP contribution is 2.22. The first kappa shape index (κ1) is 15.4. The number of aryl methyl sites for hydroxylation is 1. The van der Waals surface area contributed by atoms with Gasteiger partial charge >= 0.3 is 6.03 Å². The third-order valence-electron chi connectivity index (χ3n) is 3.70. The molecule has 1 aliphatic rings. The van der Waals surface area contributed by atoms with E-state index in [-0.39, 0.29) is 6.03 Å². The standard InChI is InChI=1S/C15H22IN3O/c1-11-10-12(16)4-5-14(11)17-13-6-8-19(9-7-13)15(20)18(2)3/h4-5,10,13,17H,6-9H2,1-3H3. The molecular formula is C15H22IN3O. The Bertz CT molecular complexity index is 482. The molecule has 1 aliphatic heterocycles. The van der Waals surface area contributed by atoms with Crippen LogP contribution >= 0.6 is 22.6 Å². The lowest BCUT2D eigenvalue weighted by Crippen LogP contribution is -2.46. The molecule has 1 N–H and O–H groups in total. The zero-order valence-electron chi connectivity index (χ0n) is 12.3. The Kier molecular flexibility index (Phi) is 5.12. The van der Waals surface area contributed by atoms with Crippen molar-refractivity contribution in [3.05, 3.63) is 27.3 Å². The van der Waals surface area contributed by atoms with Crippen molar-refractivity contribution in [1.29, 1.82) is 0 Å². The maximum atomic E-state index is 11.9. The fraction of sp³-hybridized carbons (Fsp3) is 0.533. The van der Waals surface area contributed by atoms with Gasteiger partial charge in [-0.1, -0.05) is 0 Å². The predicted molar refractivity (Wildman–Crippen MR) is 91.2 cm³/mol. The molecular weight excluding hydrogens is 365 g/mol. The number of piperidine rings is 1. The maximum Gasteiger partial charge on any atom is 0.319 e. The van der Waals surface area contributed by atoms with Crippen molar-refractivity contribution in [2.75, 3.05) is 32.5 Å². The van der Waals surface area contributed by atoms with Gasteiger partial charge in [-0.25, -0.2) is 4.79 Å². The summed E-state index contributed by atoms with van der Waals surface area (Å²) in [6, 6.07) is 7.04. The number of likely N-dealkylation sites (tertiary alicyclic amines) is 1. The Morgan fingerprint density at radius 3 is 2.55 bits per heavy atom. The van der Waals surface area contributed by atoms with Crippen LogP contribution in [-0.2, 0) is 0 Å². The highest BCUT2D eigenvalue weighted by Gasteiger charge is 2.23. The van der Waals surface area contributed by atoms with Gasteiger partial charge in [0.15, 0.2) is 0 Å². The van der Waals surface area contributed by atoms with E-state index >= 15 is 0 Å². The van der Waals surface area contributed by atoms with Crippen molar-refractivity contribution in [3.8, 4) is 0 Å². The van der Waals surface area contributed by atoms with E-state index in [0.29, 0.717) is 6.04 Å². The Morgan fingerprint density at radius 1 is 1.35 bits per heavy atom. The molecule has 20 heavy (non-hydrogen) atoms. The zero-order valence-corrected chi connectivity index (χ0v) is 14.5. The van der Waals surface area contributed by atoms with Crippen LogP contribution in [0.3, 0.4) is 0 Å². The molecule has 5 heteroatoms. The normalized spacial score (nSPS) is 16.1. The van der Waals surface area contributed by atoms with Gasteiger partial charge in [0.25, 0.3) is 0 Å². The van der Waals surface area contributed by atoms with E-state index in [1.54, 1.807) is 4.90 Å². The topological polar surface area (TPSA) is 35.6 Å². The molecule has 1 aromatic carbocycles. The molecule has 0 unspecified atom stereocenters. The predicted octanol–water partition coefficient (Wildman–Crippen LogP) is 3.16. The summed E-state index contributed by atoms with van der Waals surface area (Å²) in [7, 11) is 3.61. The van der Waals surface area contributed by atoms with Crippen molar-refractivity contribution < 1.29 is 4.79 Å². The van der Waals surface area contributed by atoms with E-state index in [2.05, 4.69) is 53.0 Å². The van der Waals surface area contributed by atoms with Crippen LogP contribution in [0, 0.1) is 10.5 Å². The number of nitrogens with one attached hydrogen (secondary N) is 1. The van der Waals surface area contributed by atoms with E-state index in [1.807, 2.05) is 19.0 Å². The highest BCUT2D eigenvalue weighted by molar-refractivity contribution is 14.1. The molecule has 2 rings (SSSR count). The molecule has 1 aromatic rings. The monoisotopic (exact) mass is 387 g/mol. The van der Waals surface area contributed by atoms with Crippen LogP contribution in [0.5, 0.6) is 0 Å². The SMILES string of the molecule is Cc1cc(I)ccc1NC1CCN(C(=O)N(C)C)CC1. The Hall–Kier alpha value is -0.980. The number of carbonyl (C=O) groups excluding carboxylic acids is 1. The largest absolute Gasteiger partial charge is 0.382 e. The van der Waals surface area contributed by atoms with E-state index in [0.717, 1.165) is 25.9 Å². The number of rotatable bonds is 2. The summed E-state index contributed by atoms with van der Waals surface area (Å²) in [5.41, 5.74) is 2.49. The number of nitrogens with zero attached hydrogens (tertiary/aromatic N) is 2. The van der Waals surface area contributed by atoms with Gasteiger partial charge in [-0.2, -0.15) is 0 Å². The Labute approximate surface area is 134 Å². The molecule has 0 aliphatic carbocycles. The summed E-state index contributed by atoms with van der Waals surface area (Å²) in [5, 5.41) is 3.61. The first-order valence-electron chi connectivity index (χ1n) is 6.96. The summed E-state index contributed by atoms with van der Waals surface area (Å²) in [6.45, 7) is 3.80. The molecule has 110 valence electrons. The molecule has 0 bridgehead atoms. The molecule has 1 saturated heterocycles. The van der Waals surface area contributed by atoms with Crippen molar-refractivity contribution in [3.63, 3.8) is 0 Å². The quantitative estimate of drug-likeness (QED) is 0.792. The fourth-order valence-corrected chi connectivity index (χ4v) is 3.15. The first-order valence-corrected chi connectivity index (χ1v) is 8.04.